The van der Waals surface area contributed by atoms with Gasteiger partial charge in [0, 0.05) is 48.6 Å². The highest BCUT2D eigenvalue weighted by molar-refractivity contribution is 5.89. The van der Waals surface area contributed by atoms with Crippen LogP contribution < -0.4 is 16.4 Å². The van der Waals surface area contributed by atoms with Gasteiger partial charge in [0.25, 0.3) is 0 Å². The number of aromatic nitrogens is 1. The molecule has 1 aliphatic heterocycles. The van der Waals surface area contributed by atoms with E-state index in [1.165, 1.54) is 24.0 Å². The molecule has 7 heteroatoms. The van der Waals surface area contributed by atoms with Gasteiger partial charge in [-0.05, 0) is 66.8 Å². The van der Waals surface area contributed by atoms with Crippen molar-refractivity contribution in [2.45, 2.75) is 56.4 Å². The van der Waals surface area contributed by atoms with Crippen molar-refractivity contribution in [3.63, 3.8) is 0 Å². The molecule has 2 fully saturated rings. The highest BCUT2D eigenvalue weighted by atomic mass is 16.2. The van der Waals surface area contributed by atoms with Gasteiger partial charge in [0.2, 0.25) is 5.91 Å². The molecule has 40 heavy (non-hydrogen) atoms. The zero-order chi connectivity index (χ0) is 27.5. The number of hydrogen-bond acceptors (Lipinski definition) is 3. The van der Waals surface area contributed by atoms with E-state index >= 15 is 0 Å². The molecule has 0 radical (unpaired) electrons. The predicted molar refractivity (Wildman–Crippen MR) is 160 cm³/mol. The number of fused-ring (bicyclic) bond motifs is 3. The van der Waals surface area contributed by atoms with E-state index in [2.05, 4.69) is 58.1 Å². The number of piperidine rings is 1. The first kappa shape index (κ1) is 26.6. The van der Waals surface area contributed by atoms with E-state index in [1.54, 1.807) is 0 Å². The Hall–Kier alpha value is -3.58. The Kier molecular flexibility index (Phi) is 7.65. The number of carbonyl (C=O) groups is 2. The highest BCUT2D eigenvalue weighted by Gasteiger charge is 2.39. The summed E-state index contributed by atoms with van der Waals surface area (Å²) in [6.07, 6.45) is 13.3. The molecule has 1 saturated heterocycles. The van der Waals surface area contributed by atoms with E-state index < -0.39 is 6.04 Å². The Morgan fingerprint density at radius 2 is 1.77 bits per heavy atom. The van der Waals surface area contributed by atoms with Gasteiger partial charge >= 0.3 is 6.03 Å². The molecule has 3 atom stereocenters. The Bertz CT molecular complexity index is 1390. The van der Waals surface area contributed by atoms with Crippen LogP contribution in [0, 0.1) is 11.8 Å². The molecule has 2 heterocycles. The van der Waals surface area contributed by atoms with Gasteiger partial charge in [0.1, 0.15) is 6.04 Å². The topological polar surface area (TPSA) is 103 Å². The average molecular weight is 540 g/mol. The third-order valence-electron chi connectivity index (χ3n) is 9.64. The number of nitrogens with one attached hydrogen (secondary N) is 3. The van der Waals surface area contributed by atoms with Crippen LogP contribution in [0.5, 0.6) is 0 Å². The summed E-state index contributed by atoms with van der Waals surface area (Å²) in [7, 11) is 0. The van der Waals surface area contributed by atoms with Crippen molar-refractivity contribution in [3.8, 4) is 0 Å². The van der Waals surface area contributed by atoms with Crippen molar-refractivity contribution >= 4 is 28.9 Å². The fourth-order valence-electron chi connectivity index (χ4n) is 7.17. The number of allylic oxidation sites excluding steroid dienone is 1. The van der Waals surface area contributed by atoms with Gasteiger partial charge in [-0.25, -0.2) is 4.79 Å². The van der Waals surface area contributed by atoms with Gasteiger partial charge in [-0.1, -0.05) is 67.5 Å². The van der Waals surface area contributed by atoms with E-state index in [4.69, 9.17) is 5.73 Å². The Labute approximate surface area is 236 Å². The number of hydrogen-bond donors (Lipinski definition) is 4. The molecular formula is C33H41N5O2. The predicted octanol–water partition coefficient (Wildman–Crippen LogP) is 4.73. The summed E-state index contributed by atoms with van der Waals surface area (Å²) in [4.78, 5) is 32.3. The number of rotatable bonds is 7. The van der Waals surface area contributed by atoms with E-state index in [9.17, 15) is 9.59 Å². The number of para-hydroxylation sites is 1. The number of H-pyrrole nitrogens is 1. The van der Waals surface area contributed by atoms with E-state index in [-0.39, 0.29) is 17.4 Å². The Morgan fingerprint density at radius 1 is 1.02 bits per heavy atom. The lowest BCUT2D eigenvalue weighted by molar-refractivity contribution is -0.123. The second-order valence-electron chi connectivity index (χ2n) is 11.9. The van der Waals surface area contributed by atoms with Crippen LogP contribution >= 0.6 is 0 Å². The number of aromatic amines is 1. The van der Waals surface area contributed by atoms with Gasteiger partial charge < -0.3 is 26.3 Å². The number of benzene rings is 2. The highest BCUT2D eigenvalue weighted by Crippen LogP contribution is 2.43. The summed E-state index contributed by atoms with van der Waals surface area (Å²) in [5.41, 5.74) is 10.8. The van der Waals surface area contributed by atoms with Crippen molar-refractivity contribution in [2.24, 2.45) is 17.6 Å². The molecule has 3 amide bonds. The standard InChI is InChI=1S/C33H41N5O2/c34-20-24-8-1-2-9-25(24)21-36-31(39)30(19-26-22-35-29-12-6-4-10-27(26)29)37-32(40)38-17-15-33(16-18-38)14-13-23-7-3-5-11-28(23)33/h3-7,10-14,22,24-25,30,35H,1-2,8-9,15-21,34H2,(H,36,39)(H,37,40). The maximum atomic E-state index is 13.6. The van der Waals surface area contributed by atoms with Crippen LogP contribution in [0.25, 0.3) is 17.0 Å². The van der Waals surface area contributed by atoms with Crippen LogP contribution in [0.1, 0.15) is 55.2 Å². The van der Waals surface area contributed by atoms with Gasteiger partial charge in [0.05, 0.1) is 0 Å². The molecule has 3 unspecified atom stereocenters. The van der Waals surface area contributed by atoms with Crippen molar-refractivity contribution < 1.29 is 9.59 Å². The minimum atomic E-state index is -0.658. The van der Waals surface area contributed by atoms with Crippen molar-refractivity contribution in [2.75, 3.05) is 26.2 Å². The summed E-state index contributed by atoms with van der Waals surface area (Å²) in [6.45, 7) is 2.59. The van der Waals surface area contributed by atoms with Gasteiger partial charge in [0.15, 0.2) is 0 Å². The minimum Gasteiger partial charge on any atom is -0.361 e. The molecule has 0 bridgehead atoms. The summed E-state index contributed by atoms with van der Waals surface area (Å²) < 4.78 is 0. The minimum absolute atomic E-state index is 0.00766. The normalized spacial score (nSPS) is 22.3. The molecule has 1 spiro atoms. The van der Waals surface area contributed by atoms with Crippen LogP contribution in [0.4, 0.5) is 4.79 Å². The van der Waals surface area contributed by atoms with Gasteiger partial charge in [-0.2, -0.15) is 0 Å². The molecule has 2 aromatic carbocycles. The van der Waals surface area contributed by atoms with E-state index in [1.807, 2.05) is 29.3 Å². The van der Waals surface area contributed by atoms with Gasteiger partial charge in [-0.15, -0.1) is 0 Å². The molecule has 7 nitrogen and oxygen atoms in total. The van der Waals surface area contributed by atoms with Crippen LogP contribution in [-0.4, -0.2) is 54.0 Å². The van der Waals surface area contributed by atoms with Crippen molar-refractivity contribution in [3.05, 3.63) is 77.5 Å². The smallest absolute Gasteiger partial charge is 0.318 e. The van der Waals surface area contributed by atoms with Gasteiger partial charge in [-0.3, -0.25) is 4.79 Å². The number of likely N-dealkylation sites (tertiary alicyclic amines) is 1. The van der Waals surface area contributed by atoms with Crippen LogP contribution in [0.2, 0.25) is 0 Å². The maximum Gasteiger partial charge on any atom is 0.318 e. The van der Waals surface area contributed by atoms with E-state index in [0.29, 0.717) is 44.4 Å². The lowest BCUT2D eigenvalue weighted by Gasteiger charge is -2.39. The lowest BCUT2D eigenvalue weighted by Crippen LogP contribution is -2.55. The molecular weight excluding hydrogens is 498 g/mol. The molecule has 1 saturated carbocycles. The van der Waals surface area contributed by atoms with Crippen molar-refractivity contribution in [1.82, 2.24) is 20.5 Å². The van der Waals surface area contributed by atoms with Crippen LogP contribution in [0.15, 0.2) is 60.8 Å². The summed E-state index contributed by atoms with van der Waals surface area (Å²) in [5.74, 6) is 0.722. The first-order chi connectivity index (χ1) is 19.6. The van der Waals surface area contributed by atoms with Crippen LogP contribution in [-0.2, 0) is 16.6 Å². The molecule has 3 aromatic rings. The third-order valence-corrected chi connectivity index (χ3v) is 9.64. The maximum absolute atomic E-state index is 13.6. The third kappa shape index (κ3) is 5.27. The Balaban J connectivity index is 1.14. The summed E-state index contributed by atoms with van der Waals surface area (Å²) in [6, 6.07) is 15.8. The zero-order valence-corrected chi connectivity index (χ0v) is 23.2. The number of carbonyl (C=O) groups excluding carboxylic acids is 2. The fraction of sp³-hybridized carbons (Fsp3) is 0.455. The monoisotopic (exact) mass is 539 g/mol. The second-order valence-corrected chi connectivity index (χ2v) is 11.9. The number of amides is 3. The zero-order valence-electron chi connectivity index (χ0n) is 23.2. The molecule has 6 rings (SSSR count). The first-order valence-electron chi connectivity index (χ1n) is 14.9. The van der Waals surface area contributed by atoms with E-state index in [0.717, 1.165) is 42.1 Å². The first-order valence-corrected chi connectivity index (χ1v) is 14.9. The summed E-state index contributed by atoms with van der Waals surface area (Å²) in [5, 5.41) is 7.39. The number of nitrogens with zero attached hydrogens (tertiary/aromatic N) is 1. The molecule has 210 valence electrons. The molecule has 1 aromatic heterocycles. The fourth-order valence-corrected chi connectivity index (χ4v) is 7.17. The van der Waals surface area contributed by atoms with Crippen LogP contribution in [0.3, 0.4) is 0 Å². The quantitative estimate of drug-likeness (QED) is 0.349. The molecule has 5 N–H and O–H groups in total. The Morgan fingerprint density at radius 3 is 2.60 bits per heavy atom. The SMILES string of the molecule is NCC1CCCCC1CNC(=O)C(Cc1c[nH]c2ccccc12)NC(=O)N1CCC2(C=Cc3ccccc32)CC1. The average Bonchev–Trinajstić information content (AvgIpc) is 3.57. The number of urea groups is 1. The lowest BCUT2D eigenvalue weighted by atomic mass is 9.74. The second kappa shape index (κ2) is 11.5. The molecule has 3 aliphatic rings. The largest absolute Gasteiger partial charge is 0.361 e. The van der Waals surface area contributed by atoms with Crippen molar-refractivity contribution in [1.29, 1.82) is 0 Å². The molecule has 2 aliphatic carbocycles. The summed E-state index contributed by atoms with van der Waals surface area (Å²) >= 11 is 0. The number of nitrogens with two attached hydrogens (primary N) is 1.